The van der Waals surface area contributed by atoms with Gasteiger partial charge in [-0.1, -0.05) is 50.7 Å². The van der Waals surface area contributed by atoms with Crippen LogP contribution in [-0.2, 0) is 44.6 Å². The SMILES string of the molecule is CCC1CC(C(=O)NCCNC(=O)c2cn(CC(CO)(CO)CO)nn2)C[C@@H](OC2OC(CO)[C@H](O)C(O[C@@H](CC3CCCCC3)C(=O)O)C2NC(C)=O)[C@@]1(C)O[C@@H]1OC(C)[C@@H](O)C(O)C1O. The number of hydrogen-bond acceptors (Lipinski definition) is 19. The van der Waals surface area contributed by atoms with Gasteiger partial charge >= 0.3 is 5.97 Å². The molecule has 0 aromatic carbocycles. The number of aliphatic carboxylic acids is 1. The first kappa shape index (κ1) is 54.4. The quantitative estimate of drug-likeness (QED) is 0.0512. The highest BCUT2D eigenvalue weighted by molar-refractivity contribution is 5.91. The molecule has 24 heteroatoms. The van der Waals surface area contributed by atoms with E-state index in [1.54, 1.807) is 6.92 Å². The predicted molar refractivity (Wildman–Crippen MR) is 229 cm³/mol. The van der Waals surface area contributed by atoms with Crippen LogP contribution >= 0.6 is 0 Å². The third kappa shape index (κ3) is 13.2. The maximum Gasteiger partial charge on any atom is 0.332 e. The average Bonchev–Trinajstić information content (AvgIpc) is 3.78. The summed E-state index contributed by atoms with van der Waals surface area (Å²) >= 11 is 0. The van der Waals surface area contributed by atoms with E-state index in [1.807, 2.05) is 6.92 Å². The minimum atomic E-state index is -1.72. The molecule has 0 radical (unpaired) electrons. The second-order valence-electron chi connectivity index (χ2n) is 18.8. The van der Waals surface area contributed by atoms with Crippen molar-refractivity contribution in [2.45, 2.75) is 171 Å². The van der Waals surface area contributed by atoms with Crippen molar-refractivity contribution in [2.75, 3.05) is 39.5 Å². The van der Waals surface area contributed by atoms with Crippen LogP contribution in [0.1, 0.15) is 96.0 Å². The number of aliphatic hydroxyl groups excluding tert-OH is 8. The maximum absolute atomic E-state index is 14.0. The van der Waals surface area contributed by atoms with Gasteiger partial charge in [0.15, 0.2) is 24.4 Å². The lowest BCUT2D eigenvalue weighted by Crippen LogP contribution is -2.68. The van der Waals surface area contributed by atoms with Crippen LogP contribution in [0, 0.1) is 23.2 Å². The number of carbonyl (C=O) groups is 4. The zero-order valence-electron chi connectivity index (χ0n) is 38.6. The Balaban J connectivity index is 1.38. The number of carbonyl (C=O) groups excluding carboxylic acids is 3. The summed E-state index contributed by atoms with van der Waals surface area (Å²) in [4.78, 5) is 52.4. The van der Waals surface area contributed by atoms with Crippen LogP contribution in [0.5, 0.6) is 0 Å². The second-order valence-corrected chi connectivity index (χ2v) is 18.8. The molecule has 2 aliphatic heterocycles. The second kappa shape index (κ2) is 24.4. The lowest BCUT2D eigenvalue weighted by molar-refractivity contribution is -0.361. The maximum atomic E-state index is 14.0. The van der Waals surface area contributed by atoms with E-state index >= 15 is 0 Å². The average molecular weight is 961 g/mol. The van der Waals surface area contributed by atoms with E-state index in [9.17, 15) is 65.1 Å². The molecule has 0 bridgehead atoms. The third-order valence-corrected chi connectivity index (χ3v) is 13.9. The minimum Gasteiger partial charge on any atom is -0.479 e. The van der Waals surface area contributed by atoms with Crippen molar-refractivity contribution in [1.82, 2.24) is 30.9 Å². The molecule has 12 N–H and O–H groups in total. The fraction of sp³-hybridized carbons (Fsp3) is 0.860. The summed E-state index contributed by atoms with van der Waals surface area (Å²) < 4.78 is 32.7. The Kier molecular flexibility index (Phi) is 19.8. The van der Waals surface area contributed by atoms with Gasteiger partial charge in [0.25, 0.3) is 5.91 Å². The Morgan fingerprint density at radius 2 is 1.60 bits per heavy atom. The Bertz CT molecular complexity index is 1760. The van der Waals surface area contributed by atoms with Crippen molar-refractivity contribution in [1.29, 1.82) is 0 Å². The zero-order chi connectivity index (χ0) is 49.2. The molecule has 3 amide bonds. The van der Waals surface area contributed by atoms with Crippen molar-refractivity contribution >= 4 is 23.7 Å². The van der Waals surface area contributed by atoms with Crippen molar-refractivity contribution in [3.05, 3.63) is 11.9 Å². The van der Waals surface area contributed by atoms with Crippen LogP contribution in [0.15, 0.2) is 6.20 Å². The van der Waals surface area contributed by atoms with Crippen molar-refractivity contribution in [3.63, 3.8) is 0 Å². The van der Waals surface area contributed by atoms with Gasteiger partial charge in [-0.05, 0) is 44.9 Å². The first-order chi connectivity index (χ1) is 31.8. The third-order valence-electron chi connectivity index (χ3n) is 13.9. The van der Waals surface area contributed by atoms with Crippen LogP contribution in [0.3, 0.4) is 0 Å². The number of aromatic nitrogens is 3. The van der Waals surface area contributed by atoms with Crippen LogP contribution in [0.25, 0.3) is 0 Å². The first-order valence-electron chi connectivity index (χ1n) is 23.2. The fourth-order valence-corrected chi connectivity index (χ4v) is 9.68. The molecule has 2 aliphatic carbocycles. The smallest absolute Gasteiger partial charge is 0.332 e. The van der Waals surface area contributed by atoms with E-state index in [1.165, 1.54) is 24.7 Å². The Morgan fingerprint density at radius 1 is 0.925 bits per heavy atom. The van der Waals surface area contributed by atoms with Gasteiger partial charge in [-0.2, -0.15) is 0 Å². The van der Waals surface area contributed by atoms with Gasteiger partial charge in [-0.25, -0.2) is 4.79 Å². The lowest BCUT2D eigenvalue weighted by Gasteiger charge is -2.53. The van der Waals surface area contributed by atoms with Crippen LogP contribution in [-0.4, -0.2) is 203 Å². The Labute approximate surface area is 388 Å². The molecule has 3 heterocycles. The highest BCUT2D eigenvalue weighted by Gasteiger charge is 2.57. The summed E-state index contributed by atoms with van der Waals surface area (Å²) in [6, 6.07) is -1.37. The van der Waals surface area contributed by atoms with Gasteiger partial charge in [0.2, 0.25) is 11.8 Å². The number of rotatable bonds is 22. The number of nitrogens with one attached hydrogen (secondary N) is 3. The van der Waals surface area contributed by atoms with E-state index in [-0.39, 0.29) is 50.5 Å². The van der Waals surface area contributed by atoms with Crippen molar-refractivity contribution in [3.8, 4) is 0 Å². The fourth-order valence-electron chi connectivity index (χ4n) is 9.68. The molecule has 0 spiro atoms. The summed E-state index contributed by atoms with van der Waals surface area (Å²) in [7, 11) is 0. The normalized spacial score (nSPS) is 34.5. The molecule has 2 saturated heterocycles. The monoisotopic (exact) mass is 960 g/mol. The van der Waals surface area contributed by atoms with Crippen molar-refractivity contribution in [2.24, 2.45) is 23.2 Å². The summed E-state index contributed by atoms with van der Waals surface area (Å²) in [5, 5.41) is 109. The first-order valence-corrected chi connectivity index (χ1v) is 23.2. The minimum absolute atomic E-state index is 0.0365. The molecule has 1 aromatic heterocycles. The lowest BCUT2D eigenvalue weighted by atomic mass is 9.68. The summed E-state index contributed by atoms with van der Waals surface area (Å²) in [6.07, 6.45) is -9.56. The van der Waals surface area contributed by atoms with Crippen LogP contribution in [0.2, 0.25) is 0 Å². The molecule has 5 rings (SSSR count). The number of nitrogens with zero attached hydrogens (tertiary/aromatic N) is 3. The van der Waals surface area contributed by atoms with E-state index in [0.717, 1.165) is 32.1 Å². The number of carboxylic acids is 1. The summed E-state index contributed by atoms with van der Waals surface area (Å²) in [5.74, 6) is -4.27. The van der Waals surface area contributed by atoms with Gasteiger partial charge in [0.1, 0.15) is 42.7 Å². The number of amides is 3. The van der Waals surface area contributed by atoms with Gasteiger partial charge in [0, 0.05) is 25.9 Å². The van der Waals surface area contributed by atoms with E-state index in [0.29, 0.717) is 6.42 Å². The Morgan fingerprint density at radius 3 is 2.21 bits per heavy atom. The molecule has 9 unspecified atom stereocenters. The van der Waals surface area contributed by atoms with Gasteiger partial charge in [-0.3, -0.25) is 19.1 Å². The van der Waals surface area contributed by atoms with Crippen LogP contribution in [0.4, 0.5) is 0 Å². The standard InChI is InChI=1S/C43H72N6O18/c1-5-26-14-25(37(59)44-11-12-45-38(60)27-16-49(48-47-27)18-43(19-51,20-52)21-53)15-30(42(26,4)67-41-35(58)34(57)32(55)22(2)63-41)66-40-31(46-23(3)54)36(33(56)29(17-50)65-40)64-28(39(61)62)13-24-9-7-6-8-10-24/h16,22,24-26,28-36,40-41,50-53,55-58H,5-15,17-21H2,1-4H3,(H,44,59)(H,45,60)(H,46,54)(H,61,62)/t22?,25?,26?,28-,29?,30+,31?,32+,33-,34?,35?,36?,40?,41-,42-/m0/s1. The number of hydrogen-bond donors (Lipinski definition) is 12. The topological polar surface area (TPSA) is 363 Å². The number of carboxylic acid groups (broad SMARTS) is 1. The van der Waals surface area contributed by atoms with E-state index in [4.69, 9.17) is 23.7 Å². The van der Waals surface area contributed by atoms with E-state index in [2.05, 4.69) is 26.3 Å². The van der Waals surface area contributed by atoms with Crippen LogP contribution < -0.4 is 16.0 Å². The molecule has 4 fully saturated rings. The number of ether oxygens (including phenoxy) is 5. The number of aliphatic hydroxyl groups is 8. The van der Waals surface area contributed by atoms with E-state index < -0.39 is 147 Å². The molecular weight excluding hydrogens is 888 g/mol. The molecule has 24 nitrogen and oxygen atoms in total. The van der Waals surface area contributed by atoms with Gasteiger partial charge in [-0.15, -0.1) is 5.10 Å². The molecule has 2 saturated carbocycles. The molecule has 1 aromatic rings. The molecular formula is C43H72N6O18. The highest BCUT2D eigenvalue weighted by Crippen LogP contribution is 2.46. The predicted octanol–water partition coefficient (Wildman–Crippen LogP) is -3.10. The van der Waals surface area contributed by atoms with Gasteiger partial charge < -0.3 is 85.6 Å². The largest absolute Gasteiger partial charge is 0.479 e. The summed E-state index contributed by atoms with van der Waals surface area (Å²) in [5.41, 5.74) is -2.86. The molecule has 382 valence electrons. The molecule has 67 heavy (non-hydrogen) atoms. The molecule has 4 aliphatic rings. The highest BCUT2D eigenvalue weighted by atomic mass is 16.7. The summed E-state index contributed by atoms with van der Waals surface area (Å²) in [6.45, 7) is 3.59. The van der Waals surface area contributed by atoms with Crippen molar-refractivity contribution < 1.29 is 88.8 Å². The zero-order valence-corrected chi connectivity index (χ0v) is 38.6. The van der Waals surface area contributed by atoms with Gasteiger partial charge in [0.05, 0.1) is 62.4 Å². The molecule has 15 atom stereocenters. The Hall–Kier alpha value is -3.50.